The van der Waals surface area contributed by atoms with Crippen molar-refractivity contribution in [3.8, 4) is 11.5 Å². The lowest BCUT2D eigenvalue weighted by Crippen LogP contribution is -2.20. The maximum Gasteiger partial charge on any atom is 0.163 e. The minimum atomic E-state index is 0.639. The summed E-state index contributed by atoms with van der Waals surface area (Å²) in [4.78, 5) is 0. The number of nitrogens with one attached hydrogen (secondary N) is 1. The summed E-state index contributed by atoms with van der Waals surface area (Å²) in [5.74, 6) is 3.14. The number of rotatable bonds is 3. The van der Waals surface area contributed by atoms with Crippen LogP contribution in [0.3, 0.4) is 0 Å². The Balaban J connectivity index is 1.60. The molecule has 1 N–H and O–H groups in total. The number of benzene rings is 1. The van der Waals surface area contributed by atoms with Gasteiger partial charge in [0.25, 0.3) is 0 Å². The molecule has 0 radical (unpaired) electrons. The summed E-state index contributed by atoms with van der Waals surface area (Å²) in [5.41, 5.74) is 2.65. The molecule has 3 rings (SSSR count). The summed E-state index contributed by atoms with van der Waals surface area (Å²) in [6.07, 6.45) is 4.89. The Morgan fingerprint density at radius 3 is 2.80 bits per heavy atom. The third kappa shape index (κ3) is 3.09. The molecule has 3 nitrogen and oxygen atoms in total. The molecule has 2 atom stereocenters. The normalized spacial score (nSPS) is 25.0. The van der Waals surface area contributed by atoms with Crippen molar-refractivity contribution in [3.63, 3.8) is 0 Å². The van der Waals surface area contributed by atoms with Gasteiger partial charge in [-0.05, 0) is 43.7 Å². The standard InChI is InChI=1S/C17H23NO2/c1-12-7-13(2)9-14(8-12)11-18-15-3-4-16-17(10-15)20-6-5-19-16/h3-4,7,10,12,14,18H,5-6,8-9,11H2,1-2H3. The van der Waals surface area contributed by atoms with Crippen LogP contribution >= 0.6 is 0 Å². The first kappa shape index (κ1) is 13.3. The van der Waals surface area contributed by atoms with Gasteiger partial charge in [0.05, 0.1) is 0 Å². The molecule has 1 heterocycles. The summed E-state index contributed by atoms with van der Waals surface area (Å²) < 4.78 is 11.2. The van der Waals surface area contributed by atoms with Crippen molar-refractivity contribution in [3.05, 3.63) is 29.8 Å². The van der Waals surface area contributed by atoms with E-state index in [9.17, 15) is 0 Å². The fourth-order valence-electron chi connectivity index (χ4n) is 3.26. The van der Waals surface area contributed by atoms with E-state index >= 15 is 0 Å². The smallest absolute Gasteiger partial charge is 0.163 e. The van der Waals surface area contributed by atoms with Crippen molar-refractivity contribution in [2.45, 2.75) is 26.7 Å². The zero-order valence-electron chi connectivity index (χ0n) is 12.3. The molecule has 20 heavy (non-hydrogen) atoms. The van der Waals surface area contributed by atoms with Gasteiger partial charge in [0.1, 0.15) is 13.2 Å². The van der Waals surface area contributed by atoms with Gasteiger partial charge in [-0.3, -0.25) is 0 Å². The van der Waals surface area contributed by atoms with E-state index in [-0.39, 0.29) is 0 Å². The lowest BCUT2D eigenvalue weighted by molar-refractivity contribution is 0.171. The Bertz CT molecular complexity index is 510. The summed E-state index contributed by atoms with van der Waals surface area (Å²) in [6.45, 7) is 6.85. The van der Waals surface area contributed by atoms with E-state index < -0.39 is 0 Å². The van der Waals surface area contributed by atoms with Gasteiger partial charge >= 0.3 is 0 Å². The van der Waals surface area contributed by atoms with Gasteiger partial charge in [0.2, 0.25) is 0 Å². The van der Waals surface area contributed by atoms with Crippen molar-refractivity contribution in [1.29, 1.82) is 0 Å². The summed E-state index contributed by atoms with van der Waals surface area (Å²) in [5, 5.41) is 3.54. The fraction of sp³-hybridized carbons (Fsp3) is 0.529. The Labute approximate surface area is 121 Å². The van der Waals surface area contributed by atoms with Crippen LogP contribution in [0.15, 0.2) is 29.8 Å². The zero-order valence-corrected chi connectivity index (χ0v) is 12.3. The number of anilines is 1. The topological polar surface area (TPSA) is 30.5 Å². The Kier molecular flexibility index (Phi) is 3.86. The summed E-state index contributed by atoms with van der Waals surface area (Å²) >= 11 is 0. The van der Waals surface area contributed by atoms with Gasteiger partial charge in [-0.2, -0.15) is 0 Å². The SMILES string of the molecule is CC1=CC(C)CC(CNc2ccc3c(c2)OCCO3)C1. The number of fused-ring (bicyclic) bond motifs is 1. The first-order valence-electron chi connectivity index (χ1n) is 7.51. The third-order valence-corrected chi connectivity index (χ3v) is 4.02. The molecule has 2 unspecified atom stereocenters. The second-order valence-electron chi connectivity index (χ2n) is 6.04. The first-order chi connectivity index (χ1) is 9.70. The number of hydrogen-bond acceptors (Lipinski definition) is 3. The van der Waals surface area contributed by atoms with E-state index in [0.29, 0.717) is 19.1 Å². The molecule has 1 aliphatic heterocycles. The quantitative estimate of drug-likeness (QED) is 0.848. The van der Waals surface area contributed by atoms with Crippen LogP contribution in [-0.4, -0.2) is 19.8 Å². The molecule has 0 saturated heterocycles. The molecule has 0 bridgehead atoms. The van der Waals surface area contributed by atoms with Crippen LogP contribution in [0.1, 0.15) is 26.7 Å². The maximum absolute atomic E-state index is 5.62. The van der Waals surface area contributed by atoms with Crippen LogP contribution in [0, 0.1) is 11.8 Å². The largest absolute Gasteiger partial charge is 0.486 e. The van der Waals surface area contributed by atoms with Crippen molar-refractivity contribution in [2.24, 2.45) is 11.8 Å². The van der Waals surface area contributed by atoms with Gasteiger partial charge in [0, 0.05) is 18.3 Å². The highest BCUT2D eigenvalue weighted by atomic mass is 16.6. The highest BCUT2D eigenvalue weighted by Crippen LogP contribution is 2.33. The van der Waals surface area contributed by atoms with Crippen molar-refractivity contribution in [1.82, 2.24) is 0 Å². The predicted octanol–water partition coefficient (Wildman–Crippen LogP) is 3.86. The first-order valence-corrected chi connectivity index (χ1v) is 7.51. The van der Waals surface area contributed by atoms with Gasteiger partial charge in [-0.25, -0.2) is 0 Å². The molecule has 2 aliphatic rings. The van der Waals surface area contributed by atoms with E-state index in [4.69, 9.17) is 9.47 Å². The molecular weight excluding hydrogens is 250 g/mol. The van der Waals surface area contributed by atoms with Crippen LogP contribution in [-0.2, 0) is 0 Å². The highest BCUT2D eigenvalue weighted by molar-refractivity contribution is 5.55. The number of ether oxygens (including phenoxy) is 2. The third-order valence-electron chi connectivity index (χ3n) is 4.02. The van der Waals surface area contributed by atoms with Crippen LogP contribution in [0.5, 0.6) is 11.5 Å². The molecule has 3 heteroatoms. The Hall–Kier alpha value is -1.64. The summed E-state index contributed by atoms with van der Waals surface area (Å²) in [7, 11) is 0. The van der Waals surface area contributed by atoms with Gasteiger partial charge in [0.15, 0.2) is 11.5 Å². The van der Waals surface area contributed by atoms with Crippen LogP contribution in [0.4, 0.5) is 5.69 Å². The summed E-state index contributed by atoms with van der Waals surface area (Å²) in [6, 6.07) is 6.11. The average molecular weight is 273 g/mol. The minimum absolute atomic E-state index is 0.639. The molecular formula is C17H23NO2. The molecule has 1 aromatic carbocycles. The van der Waals surface area contributed by atoms with Gasteiger partial charge in [-0.15, -0.1) is 0 Å². The van der Waals surface area contributed by atoms with Crippen LogP contribution in [0.2, 0.25) is 0 Å². The number of allylic oxidation sites excluding steroid dienone is 2. The van der Waals surface area contributed by atoms with Gasteiger partial charge < -0.3 is 14.8 Å². The average Bonchev–Trinajstić information content (AvgIpc) is 2.44. The minimum Gasteiger partial charge on any atom is -0.486 e. The lowest BCUT2D eigenvalue weighted by atomic mass is 9.84. The predicted molar refractivity (Wildman–Crippen MR) is 81.6 cm³/mol. The second-order valence-corrected chi connectivity index (χ2v) is 6.04. The van der Waals surface area contributed by atoms with E-state index in [1.54, 1.807) is 0 Å². The molecule has 0 fully saturated rings. The molecule has 0 aromatic heterocycles. The molecule has 0 spiro atoms. The van der Waals surface area contributed by atoms with E-state index in [1.807, 2.05) is 12.1 Å². The van der Waals surface area contributed by atoms with Crippen molar-refractivity contribution < 1.29 is 9.47 Å². The molecule has 1 aromatic rings. The van der Waals surface area contributed by atoms with Crippen molar-refractivity contribution >= 4 is 5.69 Å². The van der Waals surface area contributed by atoms with Crippen LogP contribution in [0.25, 0.3) is 0 Å². The Morgan fingerprint density at radius 2 is 2.00 bits per heavy atom. The lowest BCUT2D eigenvalue weighted by Gasteiger charge is -2.26. The van der Waals surface area contributed by atoms with E-state index in [2.05, 4.69) is 31.3 Å². The number of hydrogen-bond donors (Lipinski definition) is 1. The Morgan fingerprint density at radius 1 is 1.20 bits per heavy atom. The fourth-order valence-corrected chi connectivity index (χ4v) is 3.26. The maximum atomic E-state index is 5.62. The molecule has 1 aliphatic carbocycles. The van der Waals surface area contributed by atoms with Crippen LogP contribution < -0.4 is 14.8 Å². The molecule has 0 amide bonds. The highest BCUT2D eigenvalue weighted by Gasteiger charge is 2.18. The molecule has 108 valence electrons. The van der Waals surface area contributed by atoms with E-state index in [0.717, 1.165) is 29.6 Å². The molecule has 0 saturated carbocycles. The second kappa shape index (κ2) is 5.78. The van der Waals surface area contributed by atoms with E-state index in [1.165, 1.54) is 18.4 Å². The zero-order chi connectivity index (χ0) is 13.9. The monoisotopic (exact) mass is 273 g/mol. The van der Waals surface area contributed by atoms with Gasteiger partial charge in [-0.1, -0.05) is 18.6 Å². The van der Waals surface area contributed by atoms with Crippen molar-refractivity contribution in [2.75, 3.05) is 25.1 Å².